The van der Waals surface area contributed by atoms with E-state index in [-0.39, 0.29) is 11.7 Å². The molecule has 0 unspecified atom stereocenters. The molecular formula is C12H14N2O. The average Bonchev–Trinajstić information content (AvgIpc) is 2.90. The maximum Gasteiger partial charge on any atom is 0.147 e. The Kier molecular flexibility index (Phi) is 2.72. The van der Waals surface area contributed by atoms with Gasteiger partial charge in [-0.2, -0.15) is 0 Å². The van der Waals surface area contributed by atoms with Gasteiger partial charge in [-0.05, 0) is 24.3 Å². The SMILES string of the molecule is CCC(=O)C(c1ccc[nH]1)c1ccc[nH]1. The van der Waals surface area contributed by atoms with Crippen molar-refractivity contribution >= 4 is 5.78 Å². The minimum atomic E-state index is -0.181. The predicted molar refractivity (Wildman–Crippen MR) is 58.7 cm³/mol. The van der Waals surface area contributed by atoms with Gasteiger partial charge in [0.1, 0.15) is 5.78 Å². The normalized spacial score (nSPS) is 10.8. The Morgan fingerprint density at radius 3 is 2.07 bits per heavy atom. The second kappa shape index (κ2) is 4.17. The van der Waals surface area contributed by atoms with Gasteiger partial charge in [-0.15, -0.1) is 0 Å². The molecule has 15 heavy (non-hydrogen) atoms. The number of hydrogen-bond acceptors (Lipinski definition) is 1. The minimum Gasteiger partial charge on any atom is -0.364 e. The first-order chi connectivity index (χ1) is 7.33. The van der Waals surface area contributed by atoms with E-state index in [4.69, 9.17) is 0 Å². The summed E-state index contributed by atoms with van der Waals surface area (Å²) in [6.07, 6.45) is 4.23. The highest BCUT2D eigenvalue weighted by molar-refractivity contribution is 5.87. The summed E-state index contributed by atoms with van der Waals surface area (Å²) < 4.78 is 0. The summed E-state index contributed by atoms with van der Waals surface area (Å²) in [5, 5.41) is 0. The van der Waals surface area contributed by atoms with Crippen molar-refractivity contribution in [1.29, 1.82) is 0 Å². The Balaban J connectivity index is 2.37. The number of Topliss-reactive ketones (excluding diaryl/α,β-unsaturated/α-hetero) is 1. The van der Waals surface area contributed by atoms with Gasteiger partial charge < -0.3 is 9.97 Å². The van der Waals surface area contributed by atoms with Crippen molar-refractivity contribution in [2.75, 3.05) is 0 Å². The van der Waals surface area contributed by atoms with Crippen LogP contribution in [0, 0.1) is 0 Å². The Morgan fingerprint density at radius 1 is 1.20 bits per heavy atom. The van der Waals surface area contributed by atoms with Gasteiger partial charge >= 0.3 is 0 Å². The fourth-order valence-corrected chi connectivity index (χ4v) is 1.77. The lowest BCUT2D eigenvalue weighted by molar-refractivity contribution is -0.119. The van der Waals surface area contributed by atoms with Gasteiger partial charge in [-0.1, -0.05) is 6.92 Å². The van der Waals surface area contributed by atoms with Crippen molar-refractivity contribution in [3.63, 3.8) is 0 Å². The summed E-state index contributed by atoms with van der Waals surface area (Å²) in [6, 6.07) is 7.71. The molecule has 0 radical (unpaired) electrons. The van der Waals surface area contributed by atoms with Crippen molar-refractivity contribution in [1.82, 2.24) is 9.97 Å². The van der Waals surface area contributed by atoms with Gasteiger partial charge in [0.05, 0.1) is 5.92 Å². The maximum atomic E-state index is 11.9. The van der Waals surface area contributed by atoms with Crippen LogP contribution in [-0.2, 0) is 4.79 Å². The van der Waals surface area contributed by atoms with E-state index in [2.05, 4.69) is 9.97 Å². The van der Waals surface area contributed by atoms with E-state index in [1.54, 1.807) is 0 Å². The molecule has 78 valence electrons. The third-order valence-corrected chi connectivity index (χ3v) is 2.54. The molecule has 0 aliphatic heterocycles. The highest BCUT2D eigenvalue weighted by Gasteiger charge is 2.22. The third kappa shape index (κ3) is 1.86. The average molecular weight is 202 g/mol. The van der Waals surface area contributed by atoms with E-state index in [9.17, 15) is 4.79 Å². The number of aromatic amines is 2. The number of aromatic nitrogens is 2. The van der Waals surface area contributed by atoms with E-state index in [0.29, 0.717) is 6.42 Å². The smallest absolute Gasteiger partial charge is 0.147 e. The molecule has 0 bridgehead atoms. The summed E-state index contributed by atoms with van der Waals surface area (Å²) in [7, 11) is 0. The number of nitrogens with one attached hydrogen (secondary N) is 2. The van der Waals surface area contributed by atoms with Crippen molar-refractivity contribution in [3.05, 3.63) is 48.0 Å². The Hall–Kier alpha value is -1.77. The van der Waals surface area contributed by atoms with Crippen LogP contribution in [0.2, 0.25) is 0 Å². The largest absolute Gasteiger partial charge is 0.364 e. The quantitative estimate of drug-likeness (QED) is 0.786. The lowest BCUT2D eigenvalue weighted by Gasteiger charge is -2.11. The molecule has 2 aromatic heterocycles. The summed E-state index contributed by atoms with van der Waals surface area (Å²) in [5.74, 6) is 0.0416. The molecule has 0 saturated carbocycles. The van der Waals surface area contributed by atoms with Crippen molar-refractivity contribution in [3.8, 4) is 0 Å². The van der Waals surface area contributed by atoms with Crippen molar-refractivity contribution in [2.45, 2.75) is 19.3 Å². The highest BCUT2D eigenvalue weighted by Crippen LogP contribution is 2.23. The van der Waals surface area contributed by atoms with Crippen LogP contribution in [0.5, 0.6) is 0 Å². The number of carbonyl (C=O) groups excluding carboxylic acids is 1. The molecule has 0 fully saturated rings. The fourth-order valence-electron chi connectivity index (χ4n) is 1.77. The minimum absolute atomic E-state index is 0.181. The van der Waals surface area contributed by atoms with Crippen LogP contribution >= 0.6 is 0 Å². The predicted octanol–water partition coefficient (Wildman–Crippen LogP) is 2.45. The highest BCUT2D eigenvalue weighted by atomic mass is 16.1. The molecule has 2 aromatic rings. The number of rotatable bonds is 4. The summed E-state index contributed by atoms with van der Waals surface area (Å²) in [6.45, 7) is 1.89. The number of carbonyl (C=O) groups is 1. The van der Waals surface area contributed by atoms with Gasteiger partial charge in [0.25, 0.3) is 0 Å². The molecule has 2 N–H and O–H groups in total. The third-order valence-electron chi connectivity index (χ3n) is 2.54. The van der Waals surface area contributed by atoms with E-state index in [1.807, 2.05) is 43.6 Å². The summed E-state index contributed by atoms with van der Waals surface area (Å²) in [4.78, 5) is 18.1. The van der Waals surface area contributed by atoms with E-state index in [1.165, 1.54) is 0 Å². The van der Waals surface area contributed by atoms with Gasteiger partial charge in [0.15, 0.2) is 0 Å². The van der Waals surface area contributed by atoms with Crippen LogP contribution < -0.4 is 0 Å². The van der Waals surface area contributed by atoms with Gasteiger partial charge in [0.2, 0.25) is 0 Å². The number of H-pyrrole nitrogens is 2. The summed E-state index contributed by atoms with van der Waals surface area (Å²) >= 11 is 0. The lowest BCUT2D eigenvalue weighted by atomic mass is 9.95. The van der Waals surface area contributed by atoms with Crippen LogP contribution in [0.15, 0.2) is 36.7 Å². The van der Waals surface area contributed by atoms with Gasteiger partial charge in [-0.3, -0.25) is 4.79 Å². The van der Waals surface area contributed by atoms with Gasteiger partial charge in [0, 0.05) is 30.2 Å². The maximum absolute atomic E-state index is 11.9. The first-order valence-corrected chi connectivity index (χ1v) is 5.12. The van der Waals surface area contributed by atoms with Crippen molar-refractivity contribution < 1.29 is 4.79 Å². The van der Waals surface area contributed by atoms with E-state index >= 15 is 0 Å². The first kappa shape index (κ1) is 9.77. The zero-order valence-corrected chi connectivity index (χ0v) is 8.66. The van der Waals surface area contributed by atoms with Crippen molar-refractivity contribution in [2.24, 2.45) is 0 Å². The van der Waals surface area contributed by atoms with Crippen LogP contribution in [-0.4, -0.2) is 15.8 Å². The first-order valence-electron chi connectivity index (χ1n) is 5.12. The topological polar surface area (TPSA) is 48.6 Å². The lowest BCUT2D eigenvalue weighted by Crippen LogP contribution is -2.13. The van der Waals surface area contributed by atoms with E-state index < -0.39 is 0 Å². The fraction of sp³-hybridized carbons (Fsp3) is 0.250. The monoisotopic (exact) mass is 202 g/mol. The number of ketones is 1. The molecular weight excluding hydrogens is 188 g/mol. The Morgan fingerprint density at radius 2 is 1.73 bits per heavy atom. The molecule has 0 aliphatic carbocycles. The second-order valence-electron chi connectivity index (χ2n) is 3.50. The van der Waals surface area contributed by atoms with Gasteiger partial charge in [-0.25, -0.2) is 0 Å². The molecule has 0 saturated heterocycles. The summed E-state index contributed by atoms with van der Waals surface area (Å²) in [5.41, 5.74) is 1.90. The van der Waals surface area contributed by atoms with Crippen LogP contribution in [0.4, 0.5) is 0 Å². The molecule has 0 aromatic carbocycles. The van der Waals surface area contributed by atoms with Crippen LogP contribution in [0.3, 0.4) is 0 Å². The molecule has 0 amide bonds. The second-order valence-corrected chi connectivity index (χ2v) is 3.50. The molecule has 3 nitrogen and oxygen atoms in total. The molecule has 2 heterocycles. The zero-order chi connectivity index (χ0) is 10.7. The molecule has 0 atom stereocenters. The molecule has 2 rings (SSSR count). The zero-order valence-electron chi connectivity index (χ0n) is 8.66. The Bertz CT molecular complexity index is 380. The Labute approximate surface area is 88.5 Å². The van der Waals surface area contributed by atoms with Crippen LogP contribution in [0.25, 0.3) is 0 Å². The standard InChI is InChI=1S/C12H14N2O/c1-2-11(15)12(9-5-3-7-13-9)10-6-4-8-14-10/h3-8,12-14H,2H2,1H3. The molecule has 3 heteroatoms. The van der Waals surface area contributed by atoms with Crippen LogP contribution in [0.1, 0.15) is 30.7 Å². The van der Waals surface area contributed by atoms with E-state index in [0.717, 1.165) is 11.4 Å². The molecule has 0 spiro atoms. The number of hydrogen-bond donors (Lipinski definition) is 2. The molecule has 0 aliphatic rings.